The van der Waals surface area contributed by atoms with Gasteiger partial charge in [0, 0.05) is 19.4 Å². The van der Waals surface area contributed by atoms with E-state index in [-0.39, 0.29) is 5.92 Å². The van der Waals surface area contributed by atoms with Crippen LogP contribution in [0, 0.1) is 0 Å². The first-order valence-electron chi connectivity index (χ1n) is 6.64. The van der Waals surface area contributed by atoms with Crippen LogP contribution < -0.4 is 0 Å². The van der Waals surface area contributed by atoms with Crippen molar-refractivity contribution in [2.75, 3.05) is 13.7 Å². The molecule has 1 aromatic rings. The van der Waals surface area contributed by atoms with Crippen LogP contribution in [0.2, 0.25) is 0 Å². The second-order valence-corrected chi connectivity index (χ2v) is 4.88. The molecule has 1 heterocycles. The molecule has 2 rings (SSSR count). The summed E-state index contributed by atoms with van der Waals surface area (Å²) in [6.45, 7) is -0.678. The van der Waals surface area contributed by atoms with Crippen LogP contribution in [0.25, 0.3) is 0 Å². The molecule has 1 aliphatic carbocycles. The van der Waals surface area contributed by atoms with Crippen LogP contribution in [-0.4, -0.2) is 34.7 Å². The molecule has 0 bridgehead atoms. The fourth-order valence-electron chi connectivity index (χ4n) is 2.32. The summed E-state index contributed by atoms with van der Waals surface area (Å²) in [5.41, 5.74) is 0. The minimum Gasteiger partial charge on any atom is -0.384 e. The maximum Gasteiger partial charge on any atom is 0.408 e. The van der Waals surface area contributed by atoms with Crippen LogP contribution >= 0.6 is 0 Å². The van der Waals surface area contributed by atoms with Crippen LogP contribution in [0.3, 0.4) is 0 Å². The van der Waals surface area contributed by atoms with Crippen LogP contribution in [0.5, 0.6) is 0 Å². The molecular weight excluding hydrogens is 271 g/mol. The summed E-state index contributed by atoms with van der Waals surface area (Å²) in [5, 5.41) is 3.99. The summed E-state index contributed by atoms with van der Waals surface area (Å²) in [7, 11) is 1.54. The zero-order valence-electron chi connectivity index (χ0n) is 11.4. The van der Waals surface area contributed by atoms with E-state index in [2.05, 4.69) is 10.1 Å². The third kappa shape index (κ3) is 4.06. The highest BCUT2D eigenvalue weighted by Gasteiger charge is 2.32. The van der Waals surface area contributed by atoms with Gasteiger partial charge in [-0.25, -0.2) is 9.67 Å². The smallest absolute Gasteiger partial charge is 0.384 e. The zero-order valence-corrected chi connectivity index (χ0v) is 11.4. The number of alkyl halides is 3. The third-order valence-electron chi connectivity index (χ3n) is 3.24. The average Bonchev–Trinajstić information content (AvgIpc) is 2.78. The summed E-state index contributed by atoms with van der Waals surface area (Å²) < 4.78 is 43.8. The molecule has 1 aliphatic rings. The summed E-state index contributed by atoms with van der Waals surface area (Å²) >= 11 is 0. The molecule has 0 saturated carbocycles. The van der Waals surface area contributed by atoms with Gasteiger partial charge < -0.3 is 4.74 Å². The van der Waals surface area contributed by atoms with E-state index in [1.807, 2.05) is 12.2 Å². The van der Waals surface area contributed by atoms with E-state index in [0.717, 1.165) is 23.9 Å². The van der Waals surface area contributed by atoms with Gasteiger partial charge in [0.2, 0.25) is 0 Å². The van der Waals surface area contributed by atoms with Crippen molar-refractivity contribution in [3.8, 4) is 0 Å². The topological polar surface area (TPSA) is 39.9 Å². The third-order valence-corrected chi connectivity index (χ3v) is 3.24. The second kappa shape index (κ2) is 6.39. The first-order chi connectivity index (χ1) is 9.49. The molecule has 0 fully saturated rings. The molecule has 1 unspecified atom stereocenters. The molecule has 0 spiro atoms. The molecule has 0 saturated heterocycles. The highest BCUT2D eigenvalue weighted by atomic mass is 19.4. The molecule has 7 heteroatoms. The lowest BCUT2D eigenvalue weighted by Gasteiger charge is -2.18. The molecule has 20 heavy (non-hydrogen) atoms. The predicted molar refractivity (Wildman–Crippen MR) is 67.4 cm³/mol. The Bertz CT molecular complexity index is 468. The molecule has 0 aliphatic heterocycles. The Morgan fingerprint density at radius 3 is 2.80 bits per heavy atom. The van der Waals surface area contributed by atoms with Crippen molar-refractivity contribution in [3.05, 3.63) is 23.8 Å². The minimum atomic E-state index is -4.29. The standard InChI is InChI=1S/C13H18F3N3O/c1-20-8-7-11-17-12(10-5-3-2-4-6-10)19(18-11)9-13(14,15)16/h2-3,10H,4-9H2,1H3. The summed E-state index contributed by atoms with van der Waals surface area (Å²) in [6.07, 6.45) is 2.60. The van der Waals surface area contributed by atoms with Crippen LogP contribution in [0.1, 0.15) is 36.8 Å². The largest absolute Gasteiger partial charge is 0.408 e. The Kier molecular flexibility index (Phi) is 4.80. The molecule has 0 radical (unpaired) electrons. The molecule has 0 aromatic carbocycles. The van der Waals surface area contributed by atoms with Crippen molar-refractivity contribution in [2.45, 2.75) is 44.3 Å². The van der Waals surface area contributed by atoms with Crippen LogP contribution in [0.15, 0.2) is 12.2 Å². The van der Waals surface area contributed by atoms with Crippen molar-refractivity contribution in [1.29, 1.82) is 0 Å². The number of halogens is 3. The Morgan fingerprint density at radius 1 is 1.40 bits per heavy atom. The van der Waals surface area contributed by atoms with Crippen LogP contribution in [0.4, 0.5) is 13.2 Å². The van der Waals surface area contributed by atoms with Gasteiger partial charge in [0.1, 0.15) is 12.4 Å². The van der Waals surface area contributed by atoms with Gasteiger partial charge in [-0.1, -0.05) is 12.2 Å². The summed E-state index contributed by atoms with van der Waals surface area (Å²) in [5.74, 6) is 0.879. The van der Waals surface area contributed by atoms with E-state index in [1.54, 1.807) is 7.11 Å². The van der Waals surface area contributed by atoms with E-state index in [0.29, 0.717) is 24.7 Å². The summed E-state index contributed by atoms with van der Waals surface area (Å²) in [4.78, 5) is 4.29. The normalized spacial score (nSPS) is 19.5. The van der Waals surface area contributed by atoms with Crippen LogP contribution in [-0.2, 0) is 17.7 Å². The monoisotopic (exact) mass is 289 g/mol. The minimum absolute atomic E-state index is 0.0196. The van der Waals surface area contributed by atoms with Crippen molar-refractivity contribution in [2.24, 2.45) is 0 Å². The number of aromatic nitrogens is 3. The Hall–Kier alpha value is -1.37. The maximum absolute atomic E-state index is 12.6. The lowest BCUT2D eigenvalue weighted by atomic mass is 9.94. The molecule has 112 valence electrons. The number of nitrogens with zero attached hydrogens (tertiary/aromatic N) is 3. The van der Waals surface area contributed by atoms with Gasteiger partial charge in [-0.15, -0.1) is 0 Å². The van der Waals surface area contributed by atoms with Crippen molar-refractivity contribution in [1.82, 2.24) is 14.8 Å². The Morgan fingerprint density at radius 2 is 2.20 bits per heavy atom. The highest BCUT2D eigenvalue weighted by Crippen LogP contribution is 2.29. The number of ether oxygens (including phenoxy) is 1. The lowest BCUT2D eigenvalue weighted by molar-refractivity contribution is -0.143. The highest BCUT2D eigenvalue weighted by molar-refractivity contribution is 5.07. The van der Waals surface area contributed by atoms with Gasteiger partial charge in [-0.3, -0.25) is 0 Å². The first kappa shape index (κ1) is 15.0. The van der Waals surface area contributed by atoms with Crippen molar-refractivity contribution in [3.63, 3.8) is 0 Å². The molecule has 4 nitrogen and oxygen atoms in total. The Balaban J connectivity index is 2.21. The van der Waals surface area contributed by atoms with E-state index in [4.69, 9.17) is 4.74 Å². The molecule has 0 N–H and O–H groups in total. The number of hydrogen-bond acceptors (Lipinski definition) is 3. The fraction of sp³-hybridized carbons (Fsp3) is 0.692. The molecule has 0 amide bonds. The first-order valence-corrected chi connectivity index (χ1v) is 6.64. The molecular formula is C13H18F3N3O. The quantitative estimate of drug-likeness (QED) is 0.783. The molecule has 1 atom stereocenters. The number of methoxy groups -OCH3 is 1. The van der Waals surface area contributed by atoms with Gasteiger partial charge in [-0.2, -0.15) is 18.3 Å². The van der Waals surface area contributed by atoms with E-state index in [1.165, 1.54) is 0 Å². The Labute approximate surface area is 115 Å². The van der Waals surface area contributed by atoms with E-state index >= 15 is 0 Å². The van der Waals surface area contributed by atoms with E-state index in [9.17, 15) is 13.2 Å². The van der Waals surface area contributed by atoms with Crippen molar-refractivity contribution >= 4 is 0 Å². The summed E-state index contributed by atoms with van der Waals surface area (Å²) in [6, 6.07) is 0. The van der Waals surface area contributed by atoms with Gasteiger partial charge >= 0.3 is 6.18 Å². The van der Waals surface area contributed by atoms with Crippen molar-refractivity contribution < 1.29 is 17.9 Å². The van der Waals surface area contributed by atoms with Gasteiger partial charge in [0.15, 0.2) is 5.82 Å². The second-order valence-electron chi connectivity index (χ2n) is 4.88. The van der Waals surface area contributed by atoms with E-state index < -0.39 is 12.7 Å². The maximum atomic E-state index is 12.6. The fourth-order valence-corrected chi connectivity index (χ4v) is 2.32. The average molecular weight is 289 g/mol. The predicted octanol–water partition coefficient (Wildman–Crippen LogP) is 2.85. The SMILES string of the molecule is COCCc1nc(C2CC=CCC2)n(CC(F)(F)F)n1. The number of allylic oxidation sites excluding steroid dienone is 2. The number of hydrogen-bond donors (Lipinski definition) is 0. The zero-order chi connectivity index (χ0) is 14.6. The van der Waals surface area contributed by atoms with Gasteiger partial charge in [0.05, 0.1) is 6.61 Å². The van der Waals surface area contributed by atoms with Gasteiger partial charge in [0.25, 0.3) is 0 Å². The lowest BCUT2D eigenvalue weighted by Crippen LogP contribution is -2.22. The molecule has 1 aromatic heterocycles. The number of rotatable bonds is 5. The van der Waals surface area contributed by atoms with Gasteiger partial charge in [-0.05, 0) is 19.3 Å².